The van der Waals surface area contributed by atoms with Crippen molar-refractivity contribution in [1.82, 2.24) is 24.6 Å². The second-order valence-electron chi connectivity index (χ2n) is 13.5. The first kappa shape index (κ1) is 32.2. The van der Waals surface area contributed by atoms with Crippen LogP contribution in [0, 0.1) is 0 Å². The molecule has 0 bridgehead atoms. The molecule has 0 fully saturated rings. The molecule has 0 saturated heterocycles. The van der Waals surface area contributed by atoms with E-state index >= 15 is 0 Å². The highest BCUT2D eigenvalue weighted by Crippen LogP contribution is 2.42. The van der Waals surface area contributed by atoms with Crippen LogP contribution in [-0.4, -0.2) is 24.6 Å². The van der Waals surface area contributed by atoms with E-state index < -0.39 is 0 Å². The van der Waals surface area contributed by atoms with Gasteiger partial charge >= 0.3 is 0 Å². The molecule has 0 atom stereocenters. The number of fused-ring (bicyclic) bond motifs is 3. The maximum atomic E-state index is 5.39. The van der Waals surface area contributed by atoms with Crippen LogP contribution in [0.4, 0.5) is 0 Å². The van der Waals surface area contributed by atoms with Gasteiger partial charge in [-0.15, -0.1) is 0 Å². The Morgan fingerprint density at radius 2 is 0.782 bits per heavy atom. The van der Waals surface area contributed by atoms with Crippen molar-refractivity contribution in [2.24, 2.45) is 0 Å². The molecule has 0 spiro atoms. The van der Waals surface area contributed by atoms with Gasteiger partial charge in [0.05, 0.1) is 11.2 Å². The predicted molar refractivity (Wildman–Crippen MR) is 224 cm³/mol. The van der Waals surface area contributed by atoms with Crippen molar-refractivity contribution in [2.45, 2.75) is 0 Å². The van der Waals surface area contributed by atoms with Gasteiger partial charge in [0.15, 0.2) is 17.5 Å². The SMILES string of the molecule is c1ccc(-c2nc(-c3ccccc3)nc(-c3ccc(-c4cccc(-c5c(-c6ccccc6)nn6c(-c7ccccc7)cc7ccccc7c56)c4)cc3)n2)cc1. The lowest BCUT2D eigenvalue weighted by molar-refractivity contribution is 0.979. The molecule has 7 aromatic carbocycles. The van der Waals surface area contributed by atoms with Gasteiger partial charge in [-0.25, -0.2) is 19.5 Å². The number of hydrogen-bond acceptors (Lipinski definition) is 4. The third kappa shape index (κ3) is 6.04. The predicted octanol–water partition coefficient (Wildman–Crippen LogP) is 12.3. The molecule has 0 radical (unpaired) electrons. The lowest BCUT2D eigenvalue weighted by Crippen LogP contribution is -2.00. The third-order valence-corrected chi connectivity index (χ3v) is 10.1. The summed E-state index contributed by atoms with van der Waals surface area (Å²) in [7, 11) is 0. The monoisotopic (exact) mass is 703 g/mol. The highest BCUT2D eigenvalue weighted by molar-refractivity contribution is 6.08. The van der Waals surface area contributed by atoms with Gasteiger partial charge in [-0.05, 0) is 34.2 Å². The minimum Gasteiger partial charge on any atom is -0.231 e. The van der Waals surface area contributed by atoms with Crippen LogP contribution in [0.2, 0.25) is 0 Å². The van der Waals surface area contributed by atoms with Crippen molar-refractivity contribution in [2.75, 3.05) is 0 Å². The van der Waals surface area contributed by atoms with Crippen molar-refractivity contribution in [1.29, 1.82) is 0 Å². The average molecular weight is 704 g/mol. The van der Waals surface area contributed by atoms with Crippen LogP contribution in [0.25, 0.3) is 95.2 Å². The largest absolute Gasteiger partial charge is 0.231 e. The van der Waals surface area contributed by atoms with E-state index in [0.717, 1.165) is 72.4 Å². The van der Waals surface area contributed by atoms with Gasteiger partial charge in [-0.2, -0.15) is 5.10 Å². The van der Waals surface area contributed by atoms with Crippen molar-refractivity contribution in [3.05, 3.63) is 200 Å². The van der Waals surface area contributed by atoms with Crippen LogP contribution >= 0.6 is 0 Å². The summed E-state index contributed by atoms with van der Waals surface area (Å²) in [6, 6.07) is 69.3. The number of benzene rings is 7. The van der Waals surface area contributed by atoms with Crippen LogP contribution in [0.3, 0.4) is 0 Å². The molecule has 3 aromatic heterocycles. The van der Waals surface area contributed by atoms with E-state index in [0.29, 0.717) is 17.5 Å². The van der Waals surface area contributed by atoms with Crippen molar-refractivity contribution < 1.29 is 0 Å². The normalized spacial score (nSPS) is 11.3. The van der Waals surface area contributed by atoms with Gasteiger partial charge in [0.1, 0.15) is 5.69 Å². The molecule has 3 heterocycles. The Bertz CT molecular complexity index is 2880. The van der Waals surface area contributed by atoms with Gasteiger partial charge in [0.2, 0.25) is 0 Å². The second kappa shape index (κ2) is 13.8. The molecule has 10 rings (SSSR count). The molecular formula is C50H33N5. The van der Waals surface area contributed by atoms with E-state index in [2.05, 4.69) is 144 Å². The lowest BCUT2D eigenvalue weighted by atomic mass is 9.94. The number of rotatable bonds is 7. The lowest BCUT2D eigenvalue weighted by Gasteiger charge is -2.12. The van der Waals surface area contributed by atoms with Gasteiger partial charge in [-0.1, -0.05) is 188 Å². The summed E-state index contributed by atoms with van der Waals surface area (Å²) in [6.07, 6.45) is 0. The molecule has 5 heteroatoms. The summed E-state index contributed by atoms with van der Waals surface area (Å²) in [6.45, 7) is 0. The van der Waals surface area contributed by atoms with Gasteiger partial charge in [-0.3, -0.25) is 0 Å². The average Bonchev–Trinajstić information content (AvgIpc) is 3.69. The highest BCUT2D eigenvalue weighted by Gasteiger charge is 2.22. The maximum absolute atomic E-state index is 5.39. The van der Waals surface area contributed by atoms with Crippen LogP contribution in [0.1, 0.15) is 0 Å². The Morgan fingerprint density at radius 1 is 0.327 bits per heavy atom. The third-order valence-electron chi connectivity index (χ3n) is 10.1. The van der Waals surface area contributed by atoms with E-state index in [1.165, 1.54) is 5.39 Å². The Kier molecular flexibility index (Phi) is 8.08. The number of pyridine rings is 1. The van der Waals surface area contributed by atoms with Crippen LogP contribution in [-0.2, 0) is 0 Å². The second-order valence-corrected chi connectivity index (χ2v) is 13.5. The van der Waals surface area contributed by atoms with E-state index in [-0.39, 0.29) is 0 Å². The molecule has 258 valence electrons. The highest BCUT2D eigenvalue weighted by atomic mass is 15.2. The summed E-state index contributed by atoms with van der Waals surface area (Å²) in [5.41, 5.74) is 12.5. The Hall–Kier alpha value is -7.50. The minimum atomic E-state index is 0.632. The summed E-state index contributed by atoms with van der Waals surface area (Å²) in [5, 5.41) is 7.72. The first-order valence-corrected chi connectivity index (χ1v) is 18.4. The maximum Gasteiger partial charge on any atom is 0.164 e. The van der Waals surface area contributed by atoms with E-state index in [1.807, 2.05) is 60.7 Å². The van der Waals surface area contributed by atoms with E-state index in [9.17, 15) is 0 Å². The number of aromatic nitrogens is 5. The summed E-state index contributed by atoms with van der Waals surface area (Å²) < 4.78 is 2.14. The van der Waals surface area contributed by atoms with Crippen molar-refractivity contribution in [3.8, 4) is 78.9 Å². The molecule has 0 aliphatic carbocycles. The Balaban J connectivity index is 1.11. The molecule has 0 aliphatic heterocycles. The zero-order valence-electron chi connectivity index (χ0n) is 29.8. The van der Waals surface area contributed by atoms with Crippen LogP contribution in [0.5, 0.6) is 0 Å². The zero-order valence-corrected chi connectivity index (χ0v) is 29.8. The molecule has 0 N–H and O–H groups in total. The van der Waals surface area contributed by atoms with Crippen LogP contribution in [0.15, 0.2) is 200 Å². The van der Waals surface area contributed by atoms with Crippen molar-refractivity contribution >= 4 is 16.3 Å². The van der Waals surface area contributed by atoms with E-state index in [4.69, 9.17) is 20.1 Å². The Morgan fingerprint density at radius 3 is 1.38 bits per heavy atom. The summed E-state index contributed by atoms with van der Waals surface area (Å²) in [4.78, 5) is 14.7. The fraction of sp³-hybridized carbons (Fsp3) is 0. The first-order valence-electron chi connectivity index (χ1n) is 18.4. The van der Waals surface area contributed by atoms with Crippen molar-refractivity contribution in [3.63, 3.8) is 0 Å². The van der Waals surface area contributed by atoms with E-state index in [1.54, 1.807) is 0 Å². The summed E-state index contributed by atoms with van der Waals surface area (Å²) >= 11 is 0. The molecule has 55 heavy (non-hydrogen) atoms. The van der Waals surface area contributed by atoms with Gasteiger partial charge in [0, 0.05) is 38.8 Å². The quantitative estimate of drug-likeness (QED) is 0.166. The molecule has 10 aromatic rings. The topological polar surface area (TPSA) is 56.0 Å². The first-order chi connectivity index (χ1) is 27.3. The van der Waals surface area contributed by atoms with Gasteiger partial charge < -0.3 is 0 Å². The molecule has 0 saturated carbocycles. The van der Waals surface area contributed by atoms with Gasteiger partial charge in [0.25, 0.3) is 0 Å². The van der Waals surface area contributed by atoms with Crippen LogP contribution < -0.4 is 0 Å². The molecule has 0 aliphatic rings. The Labute approximate surface area is 318 Å². The number of hydrogen-bond donors (Lipinski definition) is 0. The zero-order chi connectivity index (χ0) is 36.6. The molecule has 0 unspecified atom stereocenters. The molecule has 0 amide bonds. The standard InChI is InChI=1S/C50H33N5/c1-5-16-35(17-6-1)44-33-41-24-13-14-27-43(41)47-45(46(54-55(44)47)36-18-7-2-8-19-36)42-26-15-25-40(32-42)34-28-30-39(31-29-34)50-52-48(37-20-9-3-10-21-37)51-49(53-50)38-22-11-4-12-23-38/h1-33H. The minimum absolute atomic E-state index is 0.632. The smallest absolute Gasteiger partial charge is 0.164 e. The fourth-order valence-electron chi connectivity index (χ4n) is 7.38. The fourth-order valence-corrected chi connectivity index (χ4v) is 7.38. The molecule has 5 nitrogen and oxygen atoms in total. The number of nitrogens with zero attached hydrogens (tertiary/aromatic N) is 5. The molecular weight excluding hydrogens is 671 g/mol. The summed E-state index contributed by atoms with van der Waals surface area (Å²) in [5.74, 6) is 1.92.